The zero-order valence-corrected chi connectivity index (χ0v) is 12.0. The monoisotopic (exact) mass is 331 g/mol. The number of carboxylic acids is 2. The predicted molar refractivity (Wildman–Crippen MR) is 73.6 cm³/mol. The topological polar surface area (TPSA) is 101 Å². The molecule has 4 N–H and O–H groups in total. The Hall–Kier alpha value is -2.09. The Morgan fingerprint density at radius 3 is 2.39 bits per heavy atom. The average Bonchev–Trinajstić information content (AvgIpc) is 3.25. The van der Waals surface area contributed by atoms with Gasteiger partial charge in [0.1, 0.15) is 5.54 Å². The van der Waals surface area contributed by atoms with E-state index in [0.717, 1.165) is 12.1 Å². The number of aliphatic carboxylic acids is 2. The van der Waals surface area contributed by atoms with E-state index in [1.165, 1.54) is 12.1 Å². The number of benzene rings is 1. The molecule has 1 aromatic carbocycles. The molecule has 1 aromatic rings. The average molecular weight is 331 g/mol. The van der Waals surface area contributed by atoms with Gasteiger partial charge in [-0.15, -0.1) is 0 Å². The fraction of sp³-hybridized carbons (Fsp3) is 0.467. The molecule has 0 heterocycles. The van der Waals surface area contributed by atoms with Crippen LogP contribution in [0, 0.1) is 11.8 Å². The van der Waals surface area contributed by atoms with Crippen LogP contribution >= 0.6 is 0 Å². The van der Waals surface area contributed by atoms with Crippen LogP contribution in [-0.4, -0.2) is 27.7 Å². The number of aryl methyl sites for hydroxylation is 1. The van der Waals surface area contributed by atoms with Crippen molar-refractivity contribution in [3.8, 4) is 0 Å². The highest BCUT2D eigenvalue weighted by Crippen LogP contribution is 2.47. The van der Waals surface area contributed by atoms with E-state index < -0.39 is 41.1 Å². The van der Waals surface area contributed by atoms with Gasteiger partial charge in [-0.3, -0.25) is 9.59 Å². The van der Waals surface area contributed by atoms with Gasteiger partial charge in [-0.2, -0.15) is 13.2 Å². The molecule has 8 heteroatoms. The fourth-order valence-electron chi connectivity index (χ4n) is 2.74. The van der Waals surface area contributed by atoms with Crippen LogP contribution in [0.25, 0.3) is 0 Å². The second kappa shape index (κ2) is 5.84. The van der Waals surface area contributed by atoms with Gasteiger partial charge in [-0.1, -0.05) is 18.2 Å². The van der Waals surface area contributed by atoms with Crippen LogP contribution in [-0.2, 0) is 22.2 Å². The van der Waals surface area contributed by atoms with Crippen LogP contribution in [0.2, 0.25) is 0 Å². The summed E-state index contributed by atoms with van der Waals surface area (Å²) in [6.07, 6.45) is -4.41. The normalized spacial score (nSPS) is 23.1. The standard InChI is InChI=1S/C15H16F3NO4/c16-15(17,18)9-3-1-2-8(6-9)4-5-14(19,13(22)23)11-7-10(11)12(20)21/h1-3,6,10-11H,4-5,7,19H2,(H,20,21)(H,22,23). The highest BCUT2D eigenvalue weighted by atomic mass is 19.4. The molecule has 3 atom stereocenters. The molecule has 126 valence electrons. The number of rotatable bonds is 6. The first-order chi connectivity index (χ1) is 10.6. The Morgan fingerprint density at radius 1 is 1.26 bits per heavy atom. The lowest BCUT2D eigenvalue weighted by Gasteiger charge is -2.25. The van der Waals surface area contributed by atoms with Crippen LogP contribution < -0.4 is 5.73 Å². The van der Waals surface area contributed by atoms with E-state index in [9.17, 15) is 27.9 Å². The summed E-state index contributed by atoms with van der Waals surface area (Å²) in [4.78, 5) is 22.3. The van der Waals surface area contributed by atoms with Crippen molar-refractivity contribution in [3.63, 3.8) is 0 Å². The first-order valence-corrected chi connectivity index (χ1v) is 6.97. The van der Waals surface area contributed by atoms with Gasteiger partial charge in [-0.25, -0.2) is 0 Å². The molecule has 5 nitrogen and oxygen atoms in total. The minimum atomic E-state index is -4.48. The van der Waals surface area contributed by atoms with E-state index in [2.05, 4.69) is 0 Å². The molecular formula is C15H16F3NO4. The third-order valence-electron chi connectivity index (χ3n) is 4.25. The zero-order chi connectivity index (χ0) is 17.4. The highest BCUT2D eigenvalue weighted by molar-refractivity contribution is 5.83. The third kappa shape index (κ3) is 3.64. The number of nitrogens with two attached hydrogens (primary N) is 1. The van der Waals surface area contributed by atoms with Gasteiger partial charge in [0, 0.05) is 5.92 Å². The summed E-state index contributed by atoms with van der Waals surface area (Å²) in [5, 5.41) is 18.2. The second-order valence-corrected chi connectivity index (χ2v) is 5.83. The maximum atomic E-state index is 12.7. The van der Waals surface area contributed by atoms with Crippen molar-refractivity contribution in [3.05, 3.63) is 35.4 Å². The second-order valence-electron chi connectivity index (χ2n) is 5.83. The predicted octanol–water partition coefficient (Wildman–Crippen LogP) is 2.14. The van der Waals surface area contributed by atoms with Gasteiger partial charge < -0.3 is 15.9 Å². The molecule has 1 aliphatic carbocycles. The minimum absolute atomic E-state index is 0.0234. The van der Waals surface area contributed by atoms with Crippen LogP contribution in [0.3, 0.4) is 0 Å². The molecule has 1 fully saturated rings. The van der Waals surface area contributed by atoms with E-state index in [1.54, 1.807) is 0 Å². The molecule has 0 radical (unpaired) electrons. The van der Waals surface area contributed by atoms with E-state index in [0.29, 0.717) is 5.56 Å². The largest absolute Gasteiger partial charge is 0.481 e. The first-order valence-electron chi connectivity index (χ1n) is 6.97. The molecule has 1 saturated carbocycles. The van der Waals surface area contributed by atoms with Crippen molar-refractivity contribution < 1.29 is 33.0 Å². The summed E-state index contributed by atoms with van der Waals surface area (Å²) in [7, 11) is 0. The third-order valence-corrected chi connectivity index (χ3v) is 4.25. The SMILES string of the molecule is NC(CCc1cccc(C(F)(F)F)c1)(C(=O)O)C1CC1C(=O)O. The summed E-state index contributed by atoms with van der Waals surface area (Å²) in [5.41, 5.74) is 3.60. The number of carboxylic acid groups (broad SMARTS) is 2. The van der Waals surface area contributed by atoms with E-state index in [-0.39, 0.29) is 19.3 Å². The van der Waals surface area contributed by atoms with Crippen LogP contribution in [0.5, 0.6) is 0 Å². The smallest absolute Gasteiger partial charge is 0.416 e. The van der Waals surface area contributed by atoms with Gasteiger partial charge in [0.15, 0.2) is 0 Å². The van der Waals surface area contributed by atoms with Crippen molar-refractivity contribution in [2.45, 2.75) is 31.0 Å². The van der Waals surface area contributed by atoms with Gasteiger partial charge in [0.2, 0.25) is 0 Å². The number of hydrogen-bond acceptors (Lipinski definition) is 3. The number of hydrogen-bond donors (Lipinski definition) is 3. The van der Waals surface area contributed by atoms with Crippen LogP contribution in [0.15, 0.2) is 24.3 Å². The van der Waals surface area contributed by atoms with Crippen molar-refractivity contribution in [2.75, 3.05) is 0 Å². The lowest BCUT2D eigenvalue weighted by molar-refractivity contribution is -0.145. The van der Waals surface area contributed by atoms with E-state index in [1.807, 2.05) is 0 Å². The lowest BCUT2D eigenvalue weighted by Crippen LogP contribution is -2.51. The number of alkyl halides is 3. The quantitative estimate of drug-likeness (QED) is 0.741. The fourth-order valence-corrected chi connectivity index (χ4v) is 2.74. The van der Waals surface area contributed by atoms with Gasteiger partial charge >= 0.3 is 18.1 Å². The van der Waals surface area contributed by atoms with Gasteiger partial charge in [0.25, 0.3) is 0 Å². The Balaban J connectivity index is 2.11. The summed E-state index contributed by atoms with van der Waals surface area (Å²) in [6, 6.07) is 4.58. The van der Waals surface area contributed by atoms with Gasteiger partial charge in [0.05, 0.1) is 11.5 Å². The summed E-state index contributed by atoms with van der Waals surface area (Å²) < 4.78 is 38.0. The van der Waals surface area contributed by atoms with Crippen LogP contribution in [0.4, 0.5) is 13.2 Å². The minimum Gasteiger partial charge on any atom is -0.481 e. The lowest BCUT2D eigenvalue weighted by atomic mass is 9.86. The van der Waals surface area contributed by atoms with Gasteiger partial charge in [-0.05, 0) is 30.9 Å². The molecule has 2 rings (SSSR count). The first kappa shape index (κ1) is 17.3. The summed E-state index contributed by atoms with van der Waals surface area (Å²) >= 11 is 0. The molecule has 0 amide bonds. The van der Waals surface area contributed by atoms with Crippen LogP contribution in [0.1, 0.15) is 24.0 Å². The molecule has 23 heavy (non-hydrogen) atoms. The molecule has 0 aromatic heterocycles. The summed E-state index contributed by atoms with van der Waals surface area (Å²) in [6.45, 7) is 0. The Bertz CT molecular complexity index is 631. The highest BCUT2D eigenvalue weighted by Gasteiger charge is 2.58. The molecule has 1 aliphatic rings. The molecule has 0 saturated heterocycles. The molecule has 0 aliphatic heterocycles. The molecular weight excluding hydrogens is 315 g/mol. The Kier molecular flexibility index (Phi) is 4.39. The van der Waals surface area contributed by atoms with E-state index >= 15 is 0 Å². The summed E-state index contributed by atoms with van der Waals surface area (Å²) in [5.74, 6) is -3.95. The molecule has 0 spiro atoms. The maximum absolute atomic E-state index is 12.7. The van der Waals surface area contributed by atoms with Crippen molar-refractivity contribution in [1.82, 2.24) is 0 Å². The van der Waals surface area contributed by atoms with Crippen molar-refractivity contribution in [1.29, 1.82) is 0 Å². The molecule has 0 bridgehead atoms. The van der Waals surface area contributed by atoms with Crippen molar-refractivity contribution in [2.24, 2.45) is 17.6 Å². The number of carbonyl (C=O) groups is 2. The Labute approximate surface area is 129 Å². The maximum Gasteiger partial charge on any atom is 0.416 e. The number of halogens is 3. The molecule has 3 unspecified atom stereocenters. The van der Waals surface area contributed by atoms with E-state index in [4.69, 9.17) is 10.8 Å². The zero-order valence-electron chi connectivity index (χ0n) is 12.0. The Morgan fingerprint density at radius 2 is 1.91 bits per heavy atom. The van der Waals surface area contributed by atoms with Crippen molar-refractivity contribution >= 4 is 11.9 Å².